The van der Waals surface area contributed by atoms with Crippen LogP contribution >= 0.6 is 0 Å². The van der Waals surface area contributed by atoms with Crippen LogP contribution in [0.25, 0.3) is 0 Å². The lowest BCUT2D eigenvalue weighted by molar-refractivity contribution is 0.173. The van der Waals surface area contributed by atoms with Crippen molar-refractivity contribution in [1.82, 2.24) is 0 Å². The monoisotopic (exact) mass is 180 g/mol. The maximum atomic E-state index is 9.33. The van der Waals surface area contributed by atoms with E-state index in [4.69, 9.17) is 0 Å². The average Bonchev–Trinajstić information content (AvgIpc) is 2.19. The summed E-state index contributed by atoms with van der Waals surface area (Å²) in [5.74, 6) is 0. The van der Waals surface area contributed by atoms with Crippen LogP contribution in [0.1, 0.15) is 45.3 Å². The molecule has 0 radical (unpaired) electrons. The molecule has 1 nitrogen and oxygen atoms in total. The van der Waals surface area contributed by atoms with Gasteiger partial charge in [-0.05, 0) is 12.0 Å². The molecule has 1 aromatic carbocycles. The summed E-state index contributed by atoms with van der Waals surface area (Å²) in [5, 5.41) is 9.33. The summed E-state index contributed by atoms with van der Waals surface area (Å²) in [6.45, 7) is 6.22. The first-order valence-electron chi connectivity index (χ1n) is 4.99. The second-order valence-electron chi connectivity index (χ2n) is 3.04. The van der Waals surface area contributed by atoms with Gasteiger partial charge in [-0.3, -0.25) is 0 Å². The molecule has 0 heterocycles. The molecular weight excluding hydrogens is 160 g/mol. The van der Waals surface area contributed by atoms with Crippen molar-refractivity contribution in [2.24, 2.45) is 0 Å². The normalized spacial score (nSPS) is 11.4. The van der Waals surface area contributed by atoms with E-state index in [1.54, 1.807) is 0 Å². The molecule has 13 heavy (non-hydrogen) atoms. The third-order valence-corrected chi connectivity index (χ3v) is 1.57. The molecule has 1 aromatic rings. The van der Waals surface area contributed by atoms with Gasteiger partial charge >= 0.3 is 0 Å². The fourth-order valence-corrected chi connectivity index (χ4v) is 0.911. The summed E-state index contributed by atoms with van der Waals surface area (Å²) in [6.07, 6.45) is 1.74. The van der Waals surface area contributed by atoms with E-state index in [-0.39, 0.29) is 6.10 Å². The summed E-state index contributed by atoms with van der Waals surface area (Å²) >= 11 is 0. The highest BCUT2D eigenvalue weighted by atomic mass is 16.3. The van der Waals surface area contributed by atoms with Crippen molar-refractivity contribution in [3.8, 4) is 0 Å². The Labute approximate surface area is 81.4 Å². The van der Waals surface area contributed by atoms with Crippen LogP contribution in [0.3, 0.4) is 0 Å². The quantitative estimate of drug-likeness (QED) is 0.738. The van der Waals surface area contributed by atoms with E-state index < -0.39 is 0 Å². The fraction of sp³-hybridized carbons (Fsp3) is 0.500. The topological polar surface area (TPSA) is 20.2 Å². The second-order valence-corrected chi connectivity index (χ2v) is 3.04. The molecule has 0 saturated heterocycles. The Kier molecular flexibility index (Phi) is 7.32. The molecule has 0 aromatic heterocycles. The summed E-state index contributed by atoms with van der Waals surface area (Å²) in [5.41, 5.74) is 1.00. The highest BCUT2D eigenvalue weighted by Crippen LogP contribution is 2.14. The molecule has 1 atom stereocenters. The molecule has 1 unspecified atom stereocenters. The van der Waals surface area contributed by atoms with Gasteiger partial charge in [0.1, 0.15) is 0 Å². The van der Waals surface area contributed by atoms with E-state index in [1.165, 1.54) is 6.42 Å². The van der Waals surface area contributed by atoms with Crippen LogP contribution in [0, 0.1) is 0 Å². The molecule has 0 amide bonds. The molecule has 0 spiro atoms. The minimum atomic E-state index is -0.291. The van der Waals surface area contributed by atoms with Crippen LogP contribution in [0.5, 0.6) is 0 Å². The van der Waals surface area contributed by atoms with Crippen molar-refractivity contribution in [2.45, 2.75) is 39.7 Å². The van der Waals surface area contributed by atoms with Crippen molar-refractivity contribution in [3.05, 3.63) is 35.9 Å². The minimum absolute atomic E-state index is 0.291. The third-order valence-electron chi connectivity index (χ3n) is 1.57. The van der Waals surface area contributed by atoms with Gasteiger partial charge in [0.2, 0.25) is 0 Å². The summed E-state index contributed by atoms with van der Waals surface area (Å²) in [6, 6.07) is 9.70. The number of hydrogen-bond acceptors (Lipinski definition) is 1. The van der Waals surface area contributed by atoms with Gasteiger partial charge in [0.15, 0.2) is 0 Å². The van der Waals surface area contributed by atoms with Crippen LogP contribution in [0.4, 0.5) is 0 Å². The number of aliphatic hydroxyl groups excluding tert-OH is 1. The highest BCUT2D eigenvalue weighted by Gasteiger charge is 2.00. The summed E-state index contributed by atoms with van der Waals surface area (Å²) < 4.78 is 0. The predicted molar refractivity (Wildman–Crippen MR) is 57.7 cm³/mol. The van der Waals surface area contributed by atoms with Gasteiger partial charge in [0.05, 0.1) is 6.10 Å². The largest absolute Gasteiger partial charge is 0.388 e. The van der Waals surface area contributed by atoms with E-state index in [1.807, 2.05) is 37.3 Å². The summed E-state index contributed by atoms with van der Waals surface area (Å²) in [7, 11) is 0. The summed E-state index contributed by atoms with van der Waals surface area (Å²) in [4.78, 5) is 0. The lowest BCUT2D eigenvalue weighted by Crippen LogP contribution is -1.93. The van der Waals surface area contributed by atoms with E-state index in [9.17, 15) is 5.11 Å². The zero-order valence-electron chi connectivity index (χ0n) is 8.83. The Morgan fingerprint density at radius 3 is 1.92 bits per heavy atom. The van der Waals surface area contributed by atoms with Gasteiger partial charge in [-0.2, -0.15) is 0 Å². The van der Waals surface area contributed by atoms with E-state index >= 15 is 0 Å². The molecular formula is C12H20O. The molecule has 0 aliphatic rings. The van der Waals surface area contributed by atoms with Crippen molar-refractivity contribution in [1.29, 1.82) is 0 Å². The molecule has 0 aliphatic carbocycles. The van der Waals surface area contributed by atoms with Crippen LogP contribution in [0.15, 0.2) is 30.3 Å². The van der Waals surface area contributed by atoms with Crippen LogP contribution in [0.2, 0.25) is 0 Å². The Morgan fingerprint density at radius 2 is 1.54 bits per heavy atom. The van der Waals surface area contributed by atoms with Crippen LogP contribution < -0.4 is 0 Å². The van der Waals surface area contributed by atoms with Crippen molar-refractivity contribution in [2.75, 3.05) is 0 Å². The zero-order chi connectivity index (χ0) is 10.1. The van der Waals surface area contributed by atoms with Crippen molar-refractivity contribution < 1.29 is 5.11 Å². The van der Waals surface area contributed by atoms with Gasteiger partial charge in [-0.25, -0.2) is 0 Å². The molecule has 0 saturated carbocycles. The standard InChI is InChI=1S/C9H12O.C3H8/c1-2-9(10)8-6-4-3-5-7-8;1-3-2/h3-7,9-10H,2H2,1H3;3H2,1-2H3. The van der Waals surface area contributed by atoms with E-state index in [0.717, 1.165) is 12.0 Å². The van der Waals surface area contributed by atoms with Crippen molar-refractivity contribution in [3.63, 3.8) is 0 Å². The highest BCUT2D eigenvalue weighted by molar-refractivity contribution is 5.16. The second kappa shape index (κ2) is 7.81. The van der Waals surface area contributed by atoms with Gasteiger partial charge in [-0.15, -0.1) is 0 Å². The smallest absolute Gasteiger partial charge is 0.0787 e. The van der Waals surface area contributed by atoms with E-state index in [2.05, 4.69) is 13.8 Å². The SMILES string of the molecule is CCC.CCC(O)c1ccccc1. The zero-order valence-corrected chi connectivity index (χ0v) is 8.83. The lowest BCUT2D eigenvalue weighted by Gasteiger charge is -2.05. The maximum absolute atomic E-state index is 9.33. The number of benzene rings is 1. The number of aliphatic hydroxyl groups is 1. The Morgan fingerprint density at radius 1 is 1.08 bits per heavy atom. The molecule has 0 fully saturated rings. The third kappa shape index (κ3) is 5.42. The van der Waals surface area contributed by atoms with Gasteiger partial charge in [-0.1, -0.05) is 57.5 Å². The van der Waals surface area contributed by atoms with Gasteiger partial charge in [0.25, 0.3) is 0 Å². The van der Waals surface area contributed by atoms with Gasteiger partial charge in [0, 0.05) is 0 Å². The number of rotatable bonds is 2. The first kappa shape index (κ1) is 12.2. The first-order chi connectivity index (χ1) is 6.26. The number of hydrogen-bond donors (Lipinski definition) is 1. The minimum Gasteiger partial charge on any atom is -0.388 e. The van der Waals surface area contributed by atoms with Crippen LogP contribution in [-0.4, -0.2) is 5.11 Å². The molecule has 1 rings (SSSR count). The fourth-order valence-electron chi connectivity index (χ4n) is 0.911. The molecule has 1 N–H and O–H groups in total. The average molecular weight is 180 g/mol. The first-order valence-corrected chi connectivity index (χ1v) is 4.99. The lowest BCUT2D eigenvalue weighted by atomic mass is 10.1. The molecule has 0 aliphatic heterocycles. The maximum Gasteiger partial charge on any atom is 0.0787 e. The van der Waals surface area contributed by atoms with E-state index in [0.29, 0.717) is 0 Å². The van der Waals surface area contributed by atoms with Gasteiger partial charge < -0.3 is 5.11 Å². The Bertz CT molecular complexity index is 194. The predicted octanol–water partition coefficient (Wildman–Crippen LogP) is 3.55. The van der Waals surface area contributed by atoms with Crippen molar-refractivity contribution >= 4 is 0 Å². The molecule has 1 heteroatoms. The van der Waals surface area contributed by atoms with Crippen LogP contribution in [-0.2, 0) is 0 Å². The molecule has 0 bridgehead atoms. The Balaban J connectivity index is 0.000000424. The molecule has 74 valence electrons. The Hall–Kier alpha value is -0.820.